The molecule has 9 nitrogen and oxygen atoms in total. The van der Waals surface area contributed by atoms with Crippen molar-refractivity contribution in [2.75, 3.05) is 18.5 Å². The van der Waals surface area contributed by atoms with E-state index in [1.807, 2.05) is 0 Å². The number of aromatic nitrogens is 4. The normalized spacial score (nSPS) is 9.96. The highest BCUT2D eigenvalue weighted by Gasteiger charge is 2.21. The zero-order chi connectivity index (χ0) is 18.9. The predicted octanol–water partition coefficient (Wildman–Crippen LogP) is 1.66. The molecular weight excluding hydrogens is 338 g/mol. The zero-order valence-electron chi connectivity index (χ0n) is 14.7. The Morgan fingerprint density at radius 1 is 1.04 bits per heavy atom. The van der Waals surface area contributed by atoms with Crippen LogP contribution in [0.3, 0.4) is 0 Å². The molecule has 26 heavy (non-hydrogen) atoms. The number of aryl methyl sites for hydroxylation is 1. The molecule has 0 aliphatic rings. The fraction of sp³-hybridized carbons (Fsp3) is 0.294. The second-order valence-electron chi connectivity index (χ2n) is 4.90. The van der Waals surface area contributed by atoms with Crippen molar-refractivity contribution < 1.29 is 19.1 Å². The lowest BCUT2D eigenvalue weighted by Gasteiger charge is -2.08. The molecule has 0 amide bonds. The van der Waals surface area contributed by atoms with Crippen molar-refractivity contribution in [2.24, 2.45) is 0 Å². The van der Waals surface area contributed by atoms with Gasteiger partial charge in [0.15, 0.2) is 11.4 Å². The SMILES string of the molecule is CCOC(=O)C(=CNc1ccnc(-c2ccnc(C)n2)n1)C(=O)OCC. The van der Waals surface area contributed by atoms with Gasteiger partial charge in [0, 0.05) is 18.6 Å². The smallest absolute Gasteiger partial charge is 0.347 e. The van der Waals surface area contributed by atoms with Gasteiger partial charge in [0.05, 0.1) is 13.2 Å². The number of nitrogens with zero attached hydrogens (tertiary/aromatic N) is 4. The Hall–Kier alpha value is -3.36. The molecule has 2 aromatic heterocycles. The summed E-state index contributed by atoms with van der Waals surface area (Å²) in [6.45, 7) is 5.34. The lowest BCUT2D eigenvalue weighted by atomic mass is 10.3. The van der Waals surface area contributed by atoms with Crippen LogP contribution >= 0.6 is 0 Å². The molecule has 0 aliphatic carbocycles. The molecule has 0 aliphatic heterocycles. The topological polar surface area (TPSA) is 116 Å². The fourth-order valence-corrected chi connectivity index (χ4v) is 1.91. The van der Waals surface area contributed by atoms with E-state index in [0.717, 1.165) is 0 Å². The van der Waals surface area contributed by atoms with Crippen LogP contribution in [-0.4, -0.2) is 45.1 Å². The number of rotatable bonds is 7. The van der Waals surface area contributed by atoms with Gasteiger partial charge < -0.3 is 14.8 Å². The van der Waals surface area contributed by atoms with E-state index in [4.69, 9.17) is 9.47 Å². The number of carbonyl (C=O) groups excluding carboxylic acids is 2. The summed E-state index contributed by atoms with van der Waals surface area (Å²) in [7, 11) is 0. The van der Waals surface area contributed by atoms with E-state index < -0.39 is 11.9 Å². The van der Waals surface area contributed by atoms with Crippen molar-refractivity contribution in [3.8, 4) is 11.5 Å². The minimum absolute atomic E-state index is 0.139. The molecule has 0 fully saturated rings. The number of esters is 2. The highest BCUT2D eigenvalue weighted by molar-refractivity contribution is 6.14. The number of anilines is 1. The third-order valence-electron chi connectivity index (χ3n) is 3.02. The second-order valence-corrected chi connectivity index (χ2v) is 4.90. The standard InChI is InChI=1S/C17H19N5O4/c1-4-25-16(23)12(17(24)26-5-2)10-20-14-7-9-19-15(22-14)13-6-8-18-11(3)21-13/h6-10H,4-5H2,1-3H3,(H,19,20,22). The molecule has 0 spiro atoms. The van der Waals surface area contributed by atoms with Crippen LogP contribution in [0.15, 0.2) is 36.3 Å². The Morgan fingerprint density at radius 3 is 2.31 bits per heavy atom. The Labute approximate surface area is 150 Å². The van der Waals surface area contributed by atoms with Crippen LogP contribution in [0.2, 0.25) is 0 Å². The quantitative estimate of drug-likeness (QED) is 0.342. The Morgan fingerprint density at radius 2 is 1.69 bits per heavy atom. The molecule has 1 N–H and O–H groups in total. The van der Waals surface area contributed by atoms with Crippen LogP contribution in [0.25, 0.3) is 11.5 Å². The average Bonchev–Trinajstić information content (AvgIpc) is 2.62. The molecule has 0 aromatic carbocycles. The summed E-state index contributed by atoms with van der Waals surface area (Å²) >= 11 is 0. The summed E-state index contributed by atoms with van der Waals surface area (Å²) < 4.78 is 9.74. The minimum atomic E-state index is -0.779. The molecule has 0 saturated carbocycles. The molecule has 0 bridgehead atoms. The highest BCUT2D eigenvalue weighted by atomic mass is 16.6. The van der Waals surface area contributed by atoms with Gasteiger partial charge in [0.1, 0.15) is 17.3 Å². The van der Waals surface area contributed by atoms with E-state index in [-0.39, 0.29) is 18.8 Å². The number of hydrogen-bond acceptors (Lipinski definition) is 9. The van der Waals surface area contributed by atoms with E-state index in [9.17, 15) is 9.59 Å². The summed E-state index contributed by atoms with van der Waals surface area (Å²) in [6.07, 6.45) is 4.35. The van der Waals surface area contributed by atoms with E-state index in [1.165, 1.54) is 12.4 Å². The van der Waals surface area contributed by atoms with Gasteiger partial charge in [-0.05, 0) is 32.9 Å². The lowest BCUT2D eigenvalue weighted by molar-refractivity contribution is -0.146. The van der Waals surface area contributed by atoms with Crippen molar-refractivity contribution in [1.82, 2.24) is 19.9 Å². The largest absolute Gasteiger partial charge is 0.462 e. The van der Waals surface area contributed by atoms with Crippen molar-refractivity contribution in [3.63, 3.8) is 0 Å². The molecule has 9 heteroatoms. The maximum atomic E-state index is 11.9. The van der Waals surface area contributed by atoms with Gasteiger partial charge in [-0.2, -0.15) is 0 Å². The molecule has 0 unspecified atom stereocenters. The lowest BCUT2D eigenvalue weighted by Crippen LogP contribution is -2.19. The summed E-state index contributed by atoms with van der Waals surface area (Å²) in [5, 5.41) is 2.79. The summed E-state index contributed by atoms with van der Waals surface area (Å²) in [5.41, 5.74) is 0.299. The van der Waals surface area contributed by atoms with Gasteiger partial charge in [-0.1, -0.05) is 0 Å². The van der Waals surface area contributed by atoms with Crippen LogP contribution in [0.4, 0.5) is 5.82 Å². The Kier molecular flexibility index (Phi) is 6.72. The first-order valence-corrected chi connectivity index (χ1v) is 7.99. The van der Waals surface area contributed by atoms with Gasteiger partial charge >= 0.3 is 11.9 Å². The van der Waals surface area contributed by atoms with Gasteiger partial charge in [0.25, 0.3) is 0 Å². The molecule has 0 saturated heterocycles. The third-order valence-corrected chi connectivity index (χ3v) is 3.02. The van der Waals surface area contributed by atoms with Crippen LogP contribution in [-0.2, 0) is 19.1 Å². The fourth-order valence-electron chi connectivity index (χ4n) is 1.91. The first-order chi connectivity index (χ1) is 12.5. The molecule has 2 aromatic rings. The first-order valence-electron chi connectivity index (χ1n) is 7.99. The number of carbonyl (C=O) groups is 2. The monoisotopic (exact) mass is 357 g/mol. The van der Waals surface area contributed by atoms with Crippen molar-refractivity contribution in [3.05, 3.63) is 42.1 Å². The van der Waals surface area contributed by atoms with Crippen LogP contribution < -0.4 is 5.32 Å². The summed E-state index contributed by atoms with van der Waals surface area (Å²) in [5.74, 6) is -0.213. The molecule has 0 atom stereocenters. The maximum Gasteiger partial charge on any atom is 0.347 e. The Balaban J connectivity index is 2.25. The molecule has 136 valence electrons. The summed E-state index contributed by atoms with van der Waals surface area (Å²) in [4.78, 5) is 40.6. The van der Waals surface area contributed by atoms with Gasteiger partial charge in [-0.25, -0.2) is 29.5 Å². The Bertz CT molecular complexity index is 802. The van der Waals surface area contributed by atoms with Crippen molar-refractivity contribution >= 4 is 17.8 Å². The number of hydrogen-bond donors (Lipinski definition) is 1. The zero-order valence-corrected chi connectivity index (χ0v) is 14.7. The van der Waals surface area contributed by atoms with Gasteiger partial charge in [0.2, 0.25) is 0 Å². The average molecular weight is 357 g/mol. The van der Waals surface area contributed by atoms with E-state index in [0.29, 0.717) is 23.2 Å². The molecule has 2 heterocycles. The van der Waals surface area contributed by atoms with Crippen molar-refractivity contribution in [2.45, 2.75) is 20.8 Å². The predicted molar refractivity (Wildman–Crippen MR) is 92.8 cm³/mol. The van der Waals surface area contributed by atoms with Gasteiger partial charge in [-0.15, -0.1) is 0 Å². The van der Waals surface area contributed by atoms with E-state index in [2.05, 4.69) is 25.3 Å². The van der Waals surface area contributed by atoms with Crippen molar-refractivity contribution in [1.29, 1.82) is 0 Å². The minimum Gasteiger partial charge on any atom is -0.462 e. The molecule has 0 radical (unpaired) electrons. The third kappa shape index (κ3) is 5.07. The van der Waals surface area contributed by atoms with Crippen LogP contribution in [0.5, 0.6) is 0 Å². The van der Waals surface area contributed by atoms with E-state index in [1.54, 1.807) is 39.1 Å². The number of ether oxygens (including phenoxy) is 2. The number of nitrogens with one attached hydrogen (secondary N) is 1. The van der Waals surface area contributed by atoms with E-state index >= 15 is 0 Å². The molecular formula is C17H19N5O4. The van der Waals surface area contributed by atoms with Gasteiger partial charge in [-0.3, -0.25) is 0 Å². The van der Waals surface area contributed by atoms with Crippen LogP contribution in [0.1, 0.15) is 19.7 Å². The van der Waals surface area contributed by atoms with Crippen LogP contribution in [0, 0.1) is 6.92 Å². The highest BCUT2D eigenvalue weighted by Crippen LogP contribution is 2.14. The second kappa shape index (κ2) is 9.21. The molecule has 2 rings (SSSR count). The summed E-state index contributed by atoms with van der Waals surface area (Å²) in [6, 6.07) is 3.27. The maximum absolute atomic E-state index is 11.9. The first kappa shape index (κ1) is 19.0.